The summed E-state index contributed by atoms with van der Waals surface area (Å²) in [7, 11) is -3.64. The highest BCUT2D eigenvalue weighted by Crippen LogP contribution is 2.28. The molecule has 1 aliphatic rings. The van der Waals surface area contributed by atoms with E-state index in [9.17, 15) is 8.42 Å². The van der Waals surface area contributed by atoms with Crippen molar-refractivity contribution in [2.75, 3.05) is 19.7 Å². The van der Waals surface area contributed by atoms with Crippen LogP contribution in [0.5, 0.6) is 0 Å². The van der Waals surface area contributed by atoms with Gasteiger partial charge >= 0.3 is 0 Å². The maximum absolute atomic E-state index is 12.6. The van der Waals surface area contributed by atoms with E-state index in [1.807, 2.05) is 12.1 Å². The zero-order valence-electron chi connectivity index (χ0n) is 12.0. The Labute approximate surface area is 134 Å². The van der Waals surface area contributed by atoms with Crippen molar-refractivity contribution in [1.82, 2.24) is 4.31 Å². The van der Waals surface area contributed by atoms with Crippen molar-refractivity contribution < 1.29 is 17.6 Å². The predicted octanol–water partition coefficient (Wildman–Crippen LogP) is 3.00. The van der Waals surface area contributed by atoms with Gasteiger partial charge in [0.15, 0.2) is 0 Å². The molecule has 3 rings (SSSR count). The van der Waals surface area contributed by atoms with Crippen molar-refractivity contribution in [2.45, 2.75) is 18.1 Å². The van der Waals surface area contributed by atoms with E-state index in [1.54, 1.807) is 25.1 Å². The molecular weight excluding hydrogens is 326 g/mol. The number of benzene rings is 1. The van der Waals surface area contributed by atoms with Gasteiger partial charge in [-0.2, -0.15) is 4.31 Å². The van der Waals surface area contributed by atoms with Crippen LogP contribution in [0.4, 0.5) is 0 Å². The molecule has 0 aliphatic carbocycles. The second-order valence-electron chi connectivity index (χ2n) is 5.14. The molecular formula is C15H16ClNO4S. The summed E-state index contributed by atoms with van der Waals surface area (Å²) in [4.78, 5) is 0. The van der Waals surface area contributed by atoms with E-state index < -0.39 is 10.0 Å². The molecule has 0 bridgehead atoms. The number of sulfonamides is 1. The first-order valence-corrected chi connectivity index (χ1v) is 8.72. The maximum atomic E-state index is 12.6. The highest BCUT2D eigenvalue weighted by molar-refractivity contribution is 7.89. The molecule has 5 nitrogen and oxygen atoms in total. The Kier molecular flexibility index (Phi) is 4.27. The highest BCUT2D eigenvalue weighted by Gasteiger charge is 2.33. The van der Waals surface area contributed by atoms with Crippen LogP contribution in [0.15, 0.2) is 45.9 Å². The maximum Gasteiger partial charge on any atom is 0.276 e. The van der Waals surface area contributed by atoms with Gasteiger partial charge in [0.1, 0.15) is 5.76 Å². The van der Waals surface area contributed by atoms with Crippen LogP contribution in [0.25, 0.3) is 0 Å². The fraction of sp³-hybridized carbons (Fsp3) is 0.333. The molecule has 0 radical (unpaired) electrons. The van der Waals surface area contributed by atoms with Crippen molar-refractivity contribution in [3.05, 3.63) is 52.7 Å². The largest absolute Gasteiger partial charge is 0.449 e. The lowest BCUT2D eigenvalue weighted by Gasteiger charge is -2.31. The number of ether oxygens (including phenoxy) is 1. The van der Waals surface area contributed by atoms with Crippen LogP contribution < -0.4 is 0 Å². The molecule has 2 aromatic rings. The summed E-state index contributed by atoms with van der Waals surface area (Å²) in [6.45, 7) is 2.59. The van der Waals surface area contributed by atoms with Crippen LogP contribution in [0.3, 0.4) is 0 Å². The molecule has 22 heavy (non-hydrogen) atoms. The number of nitrogens with zero attached hydrogens (tertiary/aromatic N) is 1. The minimum atomic E-state index is -3.64. The van der Waals surface area contributed by atoms with Gasteiger partial charge in [0, 0.05) is 18.1 Å². The molecule has 1 atom stereocenters. The molecule has 1 saturated heterocycles. The van der Waals surface area contributed by atoms with Gasteiger partial charge in [0.2, 0.25) is 5.09 Å². The summed E-state index contributed by atoms with van der Waals surface area (Å²) >= 11 is 5.99. The first-order valence-electron chi connectivity index (χ1n) is 6.90. The Morgan fingerprint density at radius 3 is 2.77 bits per heavy atom. The van der Waals surface area contributed by atoms with Crippen molar-refractivity contribution in [2.24, 2.45) is 0 Å². The van der Waals surface area contributed by atoms with Gasteiger partial charge in [-0.3, -0.25) is 0 Å². The van der Waals surface area contributed by atoms with E-state index >= 15 is 0 Å². The van der Waals surface area contributed by atoms with Crippen LogP contribution in [0.1, 0.15) is 17.4 Å². The highest BCUT2D eigenvalue weighted by atomic mass is 35.5. The van der Waals surface area contributed by atoms with Gasteiger partial charge in [0.25, 0.3) is 10.0 Å². The number of hydrogen-bond acceptors (Lipinski definition) is 4. The average molecular weight is 342 g/mol. The van der Waals surface area contributed by atoms with Crippen LogP contribution in [0.2, 0.25) is 5.02 Å². The molecule has 1 aliphatic heterocycles. The molecule has 1 fully saturated rings. The summed E-state index contributed by atoms with van der Waals surface area (Å²) < 4.78 is 37.5. The standard InChI is InChI=1S/C15H16ClNO4S/c1-11-5-6-15(21-11)22(18,19)17-7-8-20-14(10-17)12-3-2-4-13(16)9-12/h2-6,9,14H,7-8,10H2,1H3. The molecule has 0 saturated carbocycles. The topological polar surface area (TPSA) is 59.8 Å². The van der Waals surface area contributed by atoms with Gasteiger partial charge in [-0.25, -0.2) is 8.42 Å². The Bertz CT molecular complexity index is 771. The third-order valence-electron chi connectivity index (χ3n) is 3.56. The lowest BCUT2D eigenvalue weighted by molar-refractivity contribution is -0.00292. The average Bonchev–Trinajstić information content (AvgIpc) is 2.95. The number of hydrogen-bond donors (Lipinski definition) is 0. The summed E-state index contributed by atoms with van der Waals surface area (Å²) in [6, 6.07) is 10.4. The van der Waals surface area contributed by atoms with Gasteiger partial charge in [0.05, 0.1) is 12.7 Å². The Morgan fingerprint density at radius 2 is 2.09 bits per heavy atom. The minimum Gasteiger partial charge on any atom is -0.449 e. The van der Waals surface area contributed by atoms with Crippen molar-refractivity contribution in [3.8, 4) is 0 Å². The summed E-state index contributed by atoms with van der Waals surface area (Å²) in [5.74, 6) is 0.568. The van der Waals surface area contributed by atoms with E-state index in [0.717, 1.165) is 5.56 Å². The van der Waals surface area contributed by atoms with Crippen molar-refractivity contribution >= 4 is 21.6 Å². The van der Waals surface area contributed by atoms with E-state index in [4.69, 9.17) is 20.8 Å². The van der Waals surface area contributed by atoms with E-state index in [0.29, 0.717) is 23.9 Å². The zero-order chi connectivity index (χ0) is 15.7. The number of halogens is 1. The second kappa shape index (κ2) is 6.04. The van der Waals surface area contributed by atoms with Crippen molar-refractivity contribution in [3.63, 3.8) is 0 Å². The quantitative estimate of drug-likeness (QED) is 0.861. The predicted molar refractivity (Wildman–Crippen MR) is 82.3 cm³/mol. The molecule has 0 amide bonds. The van der Waals surface area contributed by atoms with Crippen LogP contribution in [0, 0.1) is 6.92 Å². The van der Waals surface area contributed by atoms with E-state index in [-0.39, 0.29) is 17.7 Å². The molecule has 2 heterocycles. The van der Waals surface area contributed by atoms with E-state index in [2.05, 4.69) is 0 Å². The minimum absolute atomic E-state index is 0.0308. The van der Waals surface area contributed by atoms with Crippen LogP contribution in [-0.4, -0.2) is 32.4 Å². The van der Waals surface area contributed by atoms with E-state index in [1.165, 1.54) is 10.4 Å². The molecule has 1 aromatic heterocycles. The third kappa shape index (κ3) is 3.05. The molecule has 0 spiro atoms. The molecule has 1 aromatic carbocycles. The second-order valence-corrected chi connectivity index (χ2v) is 7.45. The monoisotopic (exact) mass is 341 g/mol. The van der Waals surface area contributed by atoms with Crippen molar-refractivity contribution in [1.29, 1.82) is 0 Å². The lowest BCUT2D eigenvalue weighted by atomic mass is 10.1. The molecule has 118 valence electrons. The first-order chi connectivity index (χ1) is 10.5. The Morgan fingerprint density at radius 1 is 1.27 bits per heavy atom. The fourth-order valence-electron chi connectivity index (χ4n) is 2.43. The normalized spacial score (nSPS) is 20.2. The molecule has 1 unspecified atom stereocenters. The SMILES string of the molecule is Cc1ccc(S(=O)(=O)N2CCOC(c3cccc(Cl)c3)C2)o1. The van der Waals surface area contributed by atoms with Crippen LogP contribution in [-0.2, 0) is 14.8 Å². The van der Waals surface area contributed by atoms with Gasteiger partial charge in [-0.1, -0.05) is 23.7 Å². The zero-order valence-corrected chi connectivity index (χ0v) is 13.6. The Hall–Kier alpha value is -1.34. The number of aryl methyl sites for hydroxylation is 1. The number of rotatable bonds is 3. The molecule has 0 N–H and O–H groups in total. The number of furan rings is 1. The van der Waals surface area contributed by atoms with Gasteiger partial charge < -0.3 is 9.15 Å². The molecule has 7 heteroatoms. The lowest BCUT2D eigenvalue weighted by Crippen LogP contribution is -2.42. The van der Waals surface area contributed by atoms with Gasteiger partial charge in [-0.05, 0) is 36.8 Å². The number of morpholine rings is 1. The van der Waals surface area contributed by atoms with Crippen LogP contribution >= 0.6 is 11.6 Å². The first kappa shape index (κ1) is 15.6. The smallest absolute Gasteiger partial charge is 0.276 e. The summed E-state index contributed by atoms with van der Waals surface area (Å²) in [6.07, 6.45) is -0.335. The third-order valence-corrected chi connectivity index (χ3v) is 5.53. The van der Waals surface area contributed by atoms with Gasteiger partial charge in [-0.15, -0.1) is 0 Å². The fourth-order valence-corrected chi connectivity index (χ4v) is 4.01. The summed E-state index contributed by atoms with van der Waals surface area (Å²) in [5.41, 5.74) is 0.864. The summed E-state index contributed by atoms with van der Waals surface area (Å²) in [5, 5.41) is 0.569. The Balaban J connectivity index is 1.84.